The van der Waals surface area contributed by atoms with Crippen molar-refractivity contribution >= 4 is 17.4 Å². The minimum atomic E-state index is 0.932. The molecule has 0 saturated carbocycles. The van der Waals surface area contributed by atoms with Crippen LogP contribution in [0.4, 0.5) is 0 Å². The Kier molecular flexibility index (Phi) is 4.03. The summed E-state index contributed by atoms with van der Waals surface area (Å²) >= 11 is 1.83. The predicted molar refractivity (Wildman–Crippen MR) is 60.8 cm³/mol. The van der Waals surface area contributed by atoms with Crippen LogP contribution in [-0.2, 0) is 6.42 Å². The molecule has 1 rings (SSSR count). The molecule has 0 aliphatic heterocycles. The first-order valence-electron chi connectivity index (χ1n) is 4.80. The quantitative estimate of drug-likeness (QED) is 0.782. The van der Waals surface area contributed by atoms with E-state index >= 15 is 0 Å². The molecule has 2 heteroatoms. The van der Waals surface area contributed by atoms with E-state index < -0.39 is 0 Å². The van der Waals surface area contributed by atoms with Gasteiger partial charge in [-0.25, -0.2) is 0 Å². The standard InChI is InChI=1S/C11H17NS/c1-3-5-11-9(6-7-13-11)8-10(12)4-2/h6-8H,3-5,12H2,1-2H3/b10-8-. The zero-order valence-corrected chi connectivity index (χ0v) is 9.16. The lowest BCUT2D eigenvalue weighted by Crippen LogP contribution is -1.94. The van der Waals surface area contributed by atoms with Crippen molar-refractivity contribution in [1.82, 2.24) is 0 Å². The highest BCUT2D eigenvalue weighted by atomic mass is 32.1. The van der Waals surface area contributed by atoms with Crippen molar-refractivity contribution < 1.29 is 0 Å². The van der Waals surface area contributed by atoms with Crippen molar-refractivity contribution in [1.29, 1.82) is 0 Å². The Balaban J connectivity index is 2.81. The second-order valence-electron chi connectivity index (χ2n) is 3.12. The molecule has 0 unspecified atom stereocenters. The fourth-order valence-electron chi connectivity index (χ4n) is 1.21. The van der Waals surface area contributed by atoms with Crippen LogP contribution in [0.3, 0.4) is 0 Å². The van der Waals surface area contributed by atoms with E-state index in [-0.39, 0.29) is 0 Å². The van der Waals surface area contributed by atoms with Gasteiger partial charge in [0.05, 0.1) is 0 Å². The maximum atomic E-state index is 5.79. The molecule has 13 heavy (non-hydrogen) atoms. The van der Waals surface area contributed by atoms with Gasteiger partial charge < -0.3 is 5.73 Å². The number of hydrogen-bond donors (Lipinski definition) is 1. The van der Waals surface area contributed by atoms with Crippen LogP contribution in [0.1, 0.15) is 37.1 Å². The molecule has 0 atom stereocenters. The van der Waals surface area contributed by atoms with Gasteiger partial charge in [0.25, 0.3) is 0 Å². The highest BCUT2D eigenvalue weighted by Crippen LogP contribution is 2.20. The zero-order chi connectivity index (χ0) is 9.68. The van der Waals surface area contributed by atoms with Crippen LogP contribution in [-0.4, -0.2) is 0 Å². The van der Waals surface area contributed by atoms with Gasteiger partial charge in [0.2, 0.25) is 0 Å². The first-order valence-corrected chi connectivity index (χ1v) is 5.68. The summed E-state index contributed by atoms with van der Waals surface area (Å²) < 4.78 is 0. The van der Waals surface area contributed by atoms with Gasteiger partial charge >= 0.3 is 0 Å². The van der Waals surface area contributed by atoms with E-state index in [1.165, 1.54) is 23.3 Å². The Bertz CT molecular complexity index is 286. The normalized spacial score (nSPS) is 12.0. The van der Waals surface area contributed by atoms with E-state index in [9.17, 15) is 0 Å². The number of rotatable bonds is 4. The largest absolute Gasteiger partial charge is 0.402 e. The molecule has 1 aromatic heterocycles. The Morgan fingerprint density at radius 1 is 1.54 bits per heavy atom. The first kappa shape index (κ1) is 10.3. The maximum absolute atomic E-state index is 5.79. The Hall–Kier alpha value is -0.760. The molecule has 0 bridgehead atoms. The topological polar surface area (TPSA) is 26.0 Å². The number of aryl methyl sites for hydroxylation is 1. The fraction of sp³-hybridized carbons (Fsp3) is 0.455. The van der Waals surface area contributed by atoms with Gasteiger partial charge in [0, 0.05) is 10.6 Å². The minimum absolute atomic E-state index is 0.932. The third-order valence-corrected chi connectivity index (χ3v) is 3.00. The molecule has 0 spiro atoms. The van der Waals surface area contributed by atoms with Crippen molar-refractivity contribution in [2.75, 3.05) is 0 Å². The summed E-state index contributed by atoms with van der Waals surface area (Å²) in [4.78, 5) is 1.46. The number of thiophene rings is 1. The molecule has 0 amide bonds. The second-order valence-corrected chi connectivity index (χ2v) is 4.12. The number of hydrogen-bond acceptors (Lipinski definition) is 2. The molecule has 0 radical (unpaired) electrons. The van der Waals surface area contributed by atoms with Crippen molar-refractivity contribution in [2.45, 2.75) is 33.1 Å². The summed E-state index contributed by atoms with van der Waals surface area (Å²) in [6, 6.07) is 2.15. The summed E-state index contributed by atoms with van der Waals surface area (Å²) in [6.45, 7) is 4.29. The molecular formula is C11H17NS. The molecule has 72 valence electrons. The fourth-order valence-corrected chi connectivity index (χ4v) is 2.18. The van der Waals surface area contributed by atoms with E-state index in [2.05, 4.69) is 31.4 Å². The Morgan fingerprint density at radius 2 is 2.31 bits per heavy atom. The smallest absolute Gasteiger partial charge is 0.0118 e. The van der Waals surface area contributed by atoms with Crippen molar-refractivity contribution in [3.8, 4) is 0 Å². The van der Waals surface area contributed by atoms with Crippen LogP contribution in [0.25, 0.3) is 6.08 Å². The van der Waals surface area contributed by atoms with Crippen LogP contribution in [0.2, 0.25) is 0 Å². The molecule has 0 aromatic carbocycles. The average molecular weight is 195 g/mol. The SMILES string of the molecule is CCCc1sccc1/C=C(\N)CC. The van der Waals surface area contributed by atoms with Crippen LogP contribution in [0.5, 0.6) is 0 Å². The molecule has 1 heterocycles. The number of nitrogens with two attached hydrogens (primary N) is 1. The monoisotopic (exact) mass is 195 g/mol. The molecule has 0 fully saturated rings. The maximum Gasteiger partial charge on any atom is 0.0118 e. The van der Waals surface area contributed by atoms with Crippen molar-refractivity contribution in [2.24, 2.45) is 5.73 Å². The predicted octanol–water partition coefficient (Wildman–Crippen LogP) is 3.41. The Morgan fingerprint density at radius 3 is 2.92 bits per heavy atom. The average Bonchev–Trinajstić information content (AvgIpc) is 2.54. The van der Waals surface area contributed by atoms with Gasteiger partial charge in [-0.1, -0.05) is 20.3 Å². The molecule has 1 nitrogen and oxygen atoms in total. The lowest BCUT2D eigenvalue weighted by atomic mass is 10.1. The van der Waals surface area contributed by atoms with E-state index in [1.54, 1.807) is 0 Å². The first-order chi connectivity index (χ1) is 6.27. The van der Waals surface area contributed by atoms with Crippen LogP contribution in [0.15, 0.2) is 17.1 Å². The van der Waals surface area contributed by atoms with Gasteiger partial charge in [0.1, 0.15) is 0 Å². The van der Waals surface area contributed by atoms with Gasteiger partial charge in [-0.3, -0.25) is 0 Å². The zero-order valence-electron chi connectivity index (χ0n) is 8.34. The highest BCUT2D eigenvalue weighted by Gasteiger charge is 2.00. The molecule has 0 aliphatic carbocycles. The van der Waals surface area contributed by atoms with Crippen LogP contribution < -0.4 is 5.73 Å². The van der Waals surface area contributed by atoms with Gasteiger partial charge in [0.15, 0.2) is 0 Å². The minimum Gasteiger partial charge on any atom is -0.402 e. The van der Waals surface area contributed by atoms with Gasteiger partial charge in [-0.2, -0.15) is 0 Å². The van der Waals surface area contributed by atoms with Gasteiger partial charge in [-0.05, 0) is 35.9 Å². The third kappa shape index (κ3) is 2.88. The van der Waals surface area contributed by atoms with Crippen molar-refractivity contribution in [3.63, 3.8) is 0 Å². The lowest BCUT2D eigenvalue weighted by Gasteiger charge is -1.98. The second kappa shape index (κ2) is 5.07. The lowest BCUT2D eigenvalue weighted by molar-refractivity contribution is 0.937. The summed E-state index contributed by atoms with van der Waals surface area (Å²) in [7, 11) is 0. The summed E-state index contributed by atoms with van der Waals surface area (Å²) in [6.07, 6.45) is 5.40. The van der Waals surface area contributed by atoms with E-state index in [4.69, 9.17) is 5.73 Å². The number of allylic oxidation sites excluding steroid dienone is 1. The van der Waals surface area contributed by atoms with E-state index in [0.717, 1.165) is 12.1 Å². The molecule has 0 saturated heterocycles. The van der Waals surface area contributed by atoms with Crippen LogP contribution >= 0.6 is 11.3 Å². The summed E-state index contributed by atoms with van der Waals surface area (Å²) in [5.41, 5.74) is 8.07. The van der Waals surface area contributed by atoms with Crippen LogP contribution in [0, 0.1) is 0 Å². The van der Waals surface area contributed by atoms with Gasteiger partial charge in [-0.15, -0.1) is 11.3 Å². The molecule has 0 aliphatic rings. The molecule has 1 aromatic rings. The Labute approximate surface area is 84.3 Å². The third-order valence-electron chi connectivity index (χ3n) is 2.01. The van der Waals surface area contributed by atoms with Crippen molar-refractivity contribution in [3.05, 3.63) is 27.6 Å². The highest BCUT2D eigenvalue weighted by molar-refractivity contribution is 7.10. The molecule has 2 N–H and O–H groups in total. The molecular weight excluding hydrogens is 178 g/mol. The van der Waals surface area contributed by atoms with E-state index in [1.807, 2.05) is 11.3 Å². The summed E-state index contributed by atoms with van der Waals surface area (Å²) in [5, 5.41) is 2.14. The van der Waals surface area contributed by atoms with E-state index in [0.29, 0.717) is 0 Å². The summed E-state index contributed by atoms with van der Waals surface area (Å²) in [5.74, 6) is 0.